The first kappa shape index (κ1) is 17.0. The first-order chi connectivity index (χ1) is 11.8. The van der Waals surface area contributed by atoms with E-state index in [1.165, 1.54) is 4.90 Å². The van der Waals surface area contributed by atoms with Gasteiger partial charge in [-0.3, -0.25) is 14.3 Å². The molecule has 1 amide bonds. The summed E-state index contributed by atoms with van der Waals surface area (Å²) >= 11 is 0. The van der Waals surface area contributed by atoms with E-state index in [1.54, 1.807) is 32.6 Å². The fourth-order valence-electron chi connectivity index (χ4n) is 2.94. The van der Waals surface area contributed by atoms with Crippen LogP contribution >= 0.6 is 0 Å². The molecular formula is C19H21N3O3. The monoisotopic (exact) mass is 339 g/mol. The van der Waals surface area contributed by atoms with E-state index in [-0.39, 0.29) is 6.04 Å². The normalized spacial score (nSPS) is 12.4. The number of Topliss-reactive ketones (excluding diaryl/α,β-unsaturated/α-hetero) is 1. The summed E-state index contributed by atoms with van der Waals surface area (Å²) in [6.45, 7) is 5.35. The number of nitrogens with zero attached hydrogens (tertiary/aromatic N) is 3. The SMILES string of the molecule is Cc1nn(C)c(C)c1C(=O)C(=O)N(C)C(C)c1cc2ccccc2o1. The largest absolute Gasteiger partial charge is 0.459 e. The number of carbonyl (C=O) groups excluding carboxylic acids is 2. The Morgan fingerprint density at radius 1 is 1.24 bits per heavy atom. The zero-order chi connectivity index (χ0) is 18.3. The molecule has 3 rings (SSSR count). The van der Waals surface area contributed by atoms with Crippen LogP contribution in [0.25, 0.3) is 11.0 Å². The molecule has 0 N–H and O–H groups in total. The molecule has 6 nitrogen and oxygen atoms in total. The maximum Gasteiger partial charge on any atom is 0.295 e. The van der Waals surface area contributed by atoms with Gasteiger partial charge in [0.1, 0.15) is 11.3 Å². The number of hydrogen-bond donors (Lipinski definition) is 0. The molecule has 0 saturated carbocycles. The van der Waals surface area contributed by atoms with Gasteiger partial charge in [-0.05, 0) is 32.9 Å². The predicted molar refractivity (Wildman–Crippen MR) is 94.4 cm³/mol. The van der Waals surface area contributed by atoms with Crippen LogP contribution in [0.2, 0.25) is 0 Å². The van der Waals surface area contributed by atoms with Crippen molar-refractivity contribution in [3.05, 3.63) is 53.0 Å². The zero-order valence-electron chi connectivity index (χ0n) is 15.0. The van der Waals surface area contributed by atoms with Crippen molar-refractivity contribution in [1.29, 1.82) is 0 Å². The second kappa shape index (κ2) is 6.20. The Morgan fingerprint density at radius 3 is 2.52 bits per heavy atom. The summed E-state index contributed by atoms with van der Waals surface area (Å²) in [5.41, 5.74) is 2.37. The highest BCUT2D eigenvalue weighted by Crippen LogP contribution is 2.27. The molecule has 0 aliphatic carbocycles. The lowest BCUT2D eigenvalue weighted by Crippen LogP contribution is -2.35. The molecule has 130 valence electrons. The molecule has 1 atom stereocenters. The minimum Gasteiger partial charge on any atom is -0.459 e. The van der Waals surface area contributed by atoms with E-state index in [4.69, 9.17) is 4.42 Å². The van der Waals surface area contributed by atoms with Gasteiger partial charge in [0.25, 0.3) is 11.7 Å². The molecule has 0 saturated heterocycles. The summed E-state index contributed by atoms with van der Waals surface area (Å²) in [5.74, 6) is -0.481. The molecule has 0 bridgehead atoms. The molecule has 2 aromatic heterocycles. The molecule has 2 heterocycles. The van der Waals surface area contributed by atoms with Crippen LogP contribution in [0.15, 0.2) is 34.7 Å². The number of para-hydroxylation sites is 1. The van der Waals surface area contributed by atoms with Crippen molar-refractivity contribution in [2.24, 2.45) is 7.05 Å². The van der Waals surface area contributed by atoms with Crippen LogP contribution < -0.4 is 0 Å². The van der Waals surface area contributed by atoms with E-state index in [9.17, 15) is 9.59 Å². The molecule has 0 aliphatic rings. The molecule has 3 aromatic rings. The Labute approximate surface area is 146 Å². The van der Waals surface area contributed by atoms with Crippen LogP contribution in [0.4, 0.5) is 0 Å². The van der Waals surface area contributed by atoms with E-state index in [2.05, 4.69) is 5.10 Å². The second-order valence-corrected chi connectivity index (χ2v) is 6.28. The van der Waals surface area contributed by atoms with E-state index < -0.39 is 11.7 Å². The Bertz CT molecular complexity index is 935. The highest BCUT2D eigenvalue weighted by atomic mass is 16.3. The van der Waals surface area contributed by atoms with Crippen LogP contribution in [0.5, 0.6) is 0 Å². The molecule has 1 unspecified atom stereocenters. The molecule has 1 aromatic carbocycles. The van der Waals surface area contributed by atoms with Gasteiger partial charge in [0, 0.05) is 25.2 Å². The summed E-state index contributed by atoms with van der Waals surface area (Å²) in [6, 6.07) is 9.19. The lowest BCUT2D eigenvalue weighted by atomic mass is 10.1. The van der Waals surface area contributed by atoms with Crippen LogP contribution in [0.3, 0.4) is 0 Å². The van der Waals surface area contributed by atoms with E-state index >= 15 is 0 Å². The second-order valence-electron chi connectivity index (χ2n) is 6.28. The van der Waals surface area contributed by atoms with Gasteiger partial charge < -0.3 is 9.32 Å². The summed E-state index contributed by atoms with van der Waals surface area (Å²) in [6.07, 6.45) is 0. The van der Waals surface area contributed by atoms with E-state index in [1.807, 2.05) is 37.3 Å². The van der Waals surface area contributed by atoms with E-state index in [0.29, 0.717) is 22.7 Å². The first-order valence-electron chi connectivity index (χ1n) is 8.11. The third kappa shape index (κ3) is 2.84. The van der Waals surface area contributed by atoms with Gasteiger partial charge in [0.15, 0.2) is 0 Å². The van der Waals surface area contributed by atoms with Crippen molar-refractivity contribution >= 4 is 22.7 Å². The third-order valence-corrected chi connectivity index (χ3v) is 4.69. The lowest BCUT2D eigenvalue weighted by Gasteiger charge is -2.22. The summed E-state index contributed by atoms with van der Waals surface area (Å²) in [5, 5.41) is 5.18. The fourth-order valence-corrected chi connectivity index (χ4v) is 2.94. The van der Waals surface area contributed by atoms with Gasteiger partial charge >= 0.3 is 0 Å². The fraction of sp³-hybridized carbons (Fsp3) is 0.316. The number of likely N-dealkylation sites (N-methyl/N-ethyl adjacent to an activating group) is 1. The average molecular weight is 339 g/mol. The van der Waals surface area contributed by atoms with Crippen molar-refractivity contribution in [1.82, 2.24) is 14.7 Å². The van der Waals surface area contributed by atoms with E-state index in [0.717, 1.165) is 11.0 Å². The topological polar surface area (TPSA) is 68.3 Å². The number of furan rings is 1. The van der Waals surface area contributed by atoms with Gasteiger partial charge in [-0.15, -0.1) is 0 Å². The van der Waals surface area contributed by atoms with Gasteiger partial charge in [-0.25, -0.2) is 0 Å². The minimum absolute atomic E-state index is 0.360. The zero-order valence-corrected chi connectivity index (χ0v) is 15.0. The Balaban J connectivity index is 1.87. The summed E-state index contributed by atoms with van der Waals surface area (Å²) in [7, 11) is 3.36. The van der Waals surface area contributed by atoms with Gasteiger partial charge in [0.2, 0.25) is 0 Å². The lowest BCUT2D eigenvalue weighted by molar-refractivity contribution is -0.127. The van der Waals surface area contributed by atoms with Crippen molar-refractivity contribution in [3.8, 4) is 0 Å². The molecule has 25 heavy (non-hydrogen) atoms. The number of aromatic nitrogens is 2. The summed E-state index contributed by atoms with van der Waals surface area (Å²) in [4.78, 5) is 26.8. The van der Waals surface area contributed by atoms with Crippen molar-refractivity contribution in [2.75, 3.05) is 7.05 Å². The highest BCUT2D eigenvalue weighted by molar-refractivity contribution is 6.43. The maximum absolute atomic E-state index is 12.7. The maximum atomic E-state index is 12.7. The average Bonchev–Trinajstić information content (AvgIpc) is 3.13. The van der Waals surface area contributed by atoms with Crippen LogP contribution in [0.1, 0.15) is 40.5 Å². The number of carbonyl (C=O) groups is 2. The standard InChI is InChI=1S/C19H21N3O3/c1-11-17(13(3)22(5)20-11)18(23)19(24)21(4)12(2)16-10-14-8-6-7-9-15(14)25-16/h6-10,12H,1-5H3. The number of rotatable bonds is 4. The van der Waals surface area contributed by atoms with Crippen LogP contribution in [-0.2, 0) is 11.8 Å². The minimum atomic E-state index is -0.577. The summed E-state index contributed by atoms with van der Waals surface area (Å²) < 4.78 is 7.43. The van der Waals surface area contributed by atoms with Gasteiger partial charge in [-0.2, -0.15) is 5.10 Å². The predicted octanol–water partition coefficient (Wildman–Crippen LogP) is 3.19. The number of amides is 1. The van der Waals surface area contributed by atoms with Gasteiger partial charge in [-0.1, -0.05) is 18.2 Å². The highest BCUT2D eigenvalue weighted by Gasteiger charge is 2.30. The Morgan fingerprint density at radius 2 is 1.92 bits per heavy atom. The molecular weight excluding hydrogens is 318 g/mol. The number of hydrogen-bond acceptors (Lipinski definition) is 4. The number of ketones is 1. The Kier molecular flexibility index (Phi) is 4.20. The van der Waals surface area contributed by atoms with Crippen molar-refractivity contribution < 1.29 is 14.0 Å². The quantitative estimate of drug-likeness (QED) is 0.541. The Hall–Kier alpha value is -2.89. The first-order valence-corrected chi connectivity index (χ1v) is 8.11. The number of benzene rings is 1. The smallest absolute Gasteiger partial charge is 0.295 e. The molecule has 0 fully saturated rings. The molecule has 0 aliphatic heterocycles. The van der Waals surface area contributed by atoms with Crippen molar-refractivity contribution in [2.45, 2.75) is 26.8 Å². The number of fused-ring (bicyclic) bond motifs is 1. The van der Waals surface area contributed by atoms with Crippen LogP contribution in [-0.4, -0.2) is 33.4 Å². The van der Waals surface area contributed by atoms with Crippen LogP contribution in [0, 0.1) is 13.8 Å². The van der Waals surface area contributed by atoms with Crippen molar-refractivity contribution in [3.63, 3.8) is 0 Å². The third-order valence-electron chi connectivity index (χ3n) is 4.69. The molecule has 0 spiro atoms. The van der Waals surface area contributed by atoms with Gasteiger partial charge in [0.05, 0.1) is 17.3 Å². The molecule has 6 heteroatoms. The molecule has 0 radical (unpaired) electrons. The number of aryl methyl sites for hydroxylation is 2.